The third-order valence-electron chi connectivity index (χ3n) is 2.06. The lowest BCUT2D eigenvalue weighted by Crippen LogP contribution is -2.15. The molecule has 0 spiro atoms. The number of ether oxygens (including phenoxy) is 2. The van der Waals surface area contributed by atoms with Crippen LogP contribution in [0.4, 0.5) is 0 Å². The molecule has 6 heteroatoms. The fourth-order valence-corrected chi connectivity index (χ4v) is 2.10. The molecule has 0 unspecified atom stereocenters. The Bertz CT molecular complexity index is 398. The van der Waals surface area contributed by atoms with Crippen LogP contribution < -0.4 is 4.74 Å². The second kappa shape index (κ2) is 7.72. The van der Waals surface area contributed by atoms with Gasteiger partial charge in [0, 0.05) is 5.02 Å². The molecule has 0 bridgehead atoms. The number of carbonyl (C=O) groups excluding carboxylic acids is 1. The largest absolute Gasteiger partial charge is 0.479 e. The van der Waals surface area contributed by atoms with Gasteiger partial charge >= 0.3 is 5.97 Å². The van der Waals surface area contributed by atoms with E-state index in [1.807, 2.05) is 6.92 Å². The van der Waals surface area contributed by atoms with Gasteiger partial charge in [-0.3, -0.25) is 0 Å². The maximum Gasteiger partial charge on any atom is 0.344 e. The molecule has 0 aliphatic heterocycles. The average molecular weight is 312 g/mol. The van der Waals surface area contributed by atoms with Crippen molar-refractivity contribution in [3.8, 4) is 5.75 Å². The van der Waals surface area contributed by atoms with Crippen molar-refractivity contribution >= 4 is 40.8 Å². The molecule has 0 radical (unpaired) electrons. The van der Waals surface area contributed by atoms with Crippen molar-refractivity contribution in [3.63, 3.8) is 0 Å². The Morgan fingerprint density at radius 3 is 2.39 bits per heavy atom. The molecule has 0 aromatic heterocycles. The van der Waals surface area contributed by atoms with Gasteiger partial charge in [0.15, 0.2) is 12.4 Å². The van der Waals surface area contributed by atoms with Crippen molar-refractivity contribution in [2.45, 2.75) is 19.8 Å². The lowest BCUT2D eigenvalue weighted by molar-refractivity contribution is -0.146. The Balaban J connectivity index is 2.51. The van der Waals surface area contributed by atoms with Crippen LogP contribution in [0, 0.1) is 0 Å². The highest BCUT2D eigenvalue weighted by Crippen LogP contribution is 2.35. The van der Waals surface area contributed by atoms with Crippen LogP contribution in [0.2, 0.25) is 15.1 Å². The van der Waals surface area contributed by atoms with E-state index in [0.29, 0.717) is 11.6 Å². The minimum atomic E-state index is -0.453. The molecular weight excluding hydrogens is 298 g/mol. The molecule has 18 heavy (non-hydrogen) atoms. The van der Waals surface area contributed by atoms with Crippen LogP contribution >= 0.6 is 34.8 Å². The summed E-state index contributed by atoms with van der Waals surface area (Å²) in [4.78, 5) is 11.3. The van der Waals surface area contributed by atoms with Crippen LogP contribution in [-0.4, -0.2) is 19.2 Å². The molecule has 0 amide bonds. The summed E-state index contributed by atoms with van der Waals surface area (Å²) >= 11 is 17.6. The quantitative estimate of drug-likeness (QED) is 0.578. The van der Waals surface area contributed by atoms with Gasteiger partial charge in [-0.1, -0.05) is 48.1 Å². The van der Waals surface area contributed by atoms with Crippen molar-refractivity contribution < 1.29 is 14.3 Å². The number of rotatable bonds is 6. The molecule has 1 rings (SSSR count). The summed E-state index contributed by atoms with van der Waals surface area (Å²) < 4.78 is 10.1. The second-order valence-corrected chi connectivity index (χ2v) is 4.81. The average Bonchev–Trinajstić information content (AvgIpc) is 2.27. The number of esters is 1. The van der Waals surface area contributed by atoms with E-state index in [4.69, 9.17) is 44.3 Å². The van der Waals surface area contributed by atoms with Crippen molar-refractivity contribution in [1.82, 2.24) is 0 Å². The van der Waals surface area contributed by atoms with Crippen LogP contribution in [0.5, 0.6) is 5.75 Å². The van der Waals surface area contributed by atoms with Crippen LogP contribution in [0.1, 0.15) is 19.8 Å². The van der Waals surface area contributed by atoms with Gasteiger partial charge in [-0.25, -0.2) is 4.79 Å². The predicted octanol–water partition coefficient (Wildman–Crippen LogP) is 4.37. The summed E-state index contributed by atoms with van der Waals surface area (Å²) in [5.41, 5.74) is 0. The molecule has 1 aromatic rings. The minimum absolute atomic E-state index is 0.231. The first-order valence-corrected chi connectivity index (χ1v) is 6.61. The van der Waals surface area contributed by atoms with Crippen molar-refractivity contribution in [3.05, 3.63) is 27.2 Å². The fraction of sp³-hybridized carbons (Fsp3) is 0.417. The molecule has 0 atom stereocenters. The Morgan fingerprint density at radius 2 is 1.83 bits per heavy atom. The van der Waals surface area contributed by atoms with Crippen molar-refractivity contribution in [2.24, 2.45) is 0 Å². The molecule has 0 saturated carbocycles. The minimum Gasteiger partial charge on any atom is -0.479 e. The molecule has 0 heterocycles. The van der Waals surface area contributed by atoms with Gasteiger partial charge in [-0.05, 0) is 18.6 Å². The molecule has 1 aromatic carbocycles. The Hall–Kier alpha value is -0.640. The zero-order valence-electron chi connectivity index (χ0n) is 9.84. The van der Waals surface area contributed by atoms with Crippen molar-refractivity contribution in [1.29, 1.82) is 0 Å². The summed E-state index contributed by atoms with van der Waals surface area (Å²) in [5, 5.41) is 0.922. The lowest BCUT2D eigenvalue weighted by Gasteiger charge is -2.10. The highest BCUT2D eigenvalue weighted by molar-refractivity contribution is 6.40. The first kappa shape index (κ1) is 15.4. The van der Waals surface area contributed by atoms with E-state index in [0.717, 1.165) is 12.8 Å². The van der Waals surface area contributed by atoms with E-state index in [-0.39, 0.29) is 22.4 Å². The summed E-state index contributed by atoms with van der Waals surface area (Å²) in [6.45, 7) is 2.17. The third kappa shape index (κ3) is 4.92. The van der Waals surface area contributed by atoms with Crippen LogP contribution in [0.15, 0.2) is 12.1 Å². The van der Waals surface area contributed by atoms with Gasteiger partial charge in [0.05, 0.1) is 16.7 Å². The van der Waals surface area contributed by atoms with Gasteiger partial charge in [-0.15, -0.1) is 0 Å². The highest BCUT2D eigenvalue weighted by Gasteiger charge is 2.11. The van der Waals surface area contributed by atoms with E-state index in [1.54, 1.807) is 0 Å². The van der Waals surface area contributed by atoms with Gasteiger partial charge < -0.3 is 9.47 Å². The second-order valence-electron chi connectivity index (χ2n) is 3.56. The van der Waals surface area contributed by atoms with Crippen LogP contribution in [-0.2, 0) is 9.53 Å². The molecule has 3 nitrogen and oxygen atoms in total. The number of benzene rings is 1. The predicted molar refractivity (Wildman–Crippen MR) is 72.8 cm³/mol. The zero-order valence-corrected chi connectivity index (χ0v) is 12.1. The first-order valence-electron chi connectivity index (χ1n) is 5.47. The standard InChI is InChI=1S/C12H13Cl3O3/c1-2-3-4-17-11(16)7-18-12-9(14)5-8(13)6-10(12)15/h5-6H,2-4,7H2,1H3. The van der Waals surface area contributed by atoms with E-state index >= 15 is 0 Å². The van der Waals surface area contributed by atoms with E-state index in [2.05, 4.69) is 0 Å². The summed E-state index contributed by atoms with van der Waals surface area (Å²) in [7, 11) is 0. The molecule has 0 fully saturated rings. The van der Waals surface area contributed by atoms with Gasteiger partial charge in [0.2, 0.25) is 0 Å². The lowest BCUT2D eigenvalue weighted by atomic mass is 10.3. The normalized spacial score (nSPS) is 10.2. The van der Waals surface area contributed by atoms with Crippen LogP contribution in [0.3, 0.4) is 0 Å². The molecule has 100 valence electrons. The Kier molecular flexibility index (Phi) is 6.61. The van der Waals surface area contributed by atoms with Crippen molar-refractivity contribution in [2.75, 3.05) is 13.2 Å². The molecule has 0 saturated heterocycles. The van der Waals surface area contributed by atoms with E-state index in [1.165, 1.54) is 12.1 Å². The smallest absolute Gasteiger partial charge is 0.344 e. The Morgan fingerprint density at radius 1 is 1.22 bits per heavy atom. The number of hydrogen-bond acceptors (Lipinski definition) is 3. The van der Waals surface area contributed by atoms with E-state index < -0.39 is 5.97 Å². The number of halogens is 3. The maximum absolute atomic E-state index is 11.3. The highest BCUT2D eigenvalue weighted by atomic mass is 35.5. The summed E-state index contributed by atoms with van der Waals surface area (Å²) in [5.74, 6) is -0.222. The SMILES string of the molecule is CCCCOC(=O)COc1c(Cl)cc(Cl)cc1Cl. The maximum atomic E-state index is 11.3. The monoisotopic (exact) mass is 310 g/mol. The molecular formula is C12H13Cl3O3. The van der Waals surface area contributed by atoms with Gasteiger partial charge in [0.25, 0.3) is 0 Å². The number of carbonyl (C=O) groups is 1. The molecule has 0 N–H and O–H groups in total. The molecule has 0 aliphatic carbocycles. The van der Waals surface area contributed by atoms with Gasteiger partial charge in [-0.2, -0.15) is 0 Å². The number of unbranched alkanes of at least 4 members (excludes halogenated alkanes) is 1. The Labute approximate surface area is 121 Å². The summed E-state index contributed by atoms with van der Waals surface area (Å²) in [6.07, 6.45) is 1.79. The van der Waals surface area contributed by atoms with Gasteiger partial charge in [0.1, 0.15) is 0 Å². The molecule has 0 aliphatic rings. The first-order chi connectivity index (χ1) is 8.54. The number of hydrogen-bond donors (Lipinski definition) is 0. The fourth-order valence-electron chi connectivity index (χ4n) is 1.17. The summed E-state index contributed by atoms with van der Waals surface area (Å²) in [6, 6.07) is 2.99. The van der Waals surface area contributed by atoms with E-state index in [9.17, 15) is 4.79 Å². The van der Waals surface area contributed by atoms with Crippen LogP contribution in [0.25, 0.3) is 0 Å². The third-order valence-corrected chi connectivity index (χ3v) is 2.84. The topological polar surface area (TPSA) is 35.5 Å². The zero-order chi connectivity index (χ0) is 13.5.